The summed E-state index contributed by atoms with van der Waals surface area (Å²) in [4.78, 5) is 0. The van der Waals surface area contributed by atoms with Crippen molar-refractivity contribution < 1.29 is 0 Å². The first-order chi connectivity index (χ1) is 11.2. The van der Waals surface area contributed by atoms with Crippen LogP contribution < -0.4 is 5.73 Å². The van der Waals surface area contributed by atoms with E-state index in [1.54, 1.807) is 0 Å². The summed E-state index contributed by atoms with van der Waals surface area (Å²) < 4.78 is 0. The molecule has 23 heavy (non-hydrogen) atoms. The van der Waals surface area contributed by atoms with Crippen molar-refractivity contribution in [2.24, 2.45) is 0 Å². The Bertz CT molecular complexity index is 714. The topological polar surface area (TPSA) is 26.0 Å². The lowest BCUT2D eigenvalue weighted by molar-refractivity contribution is 1.22. The van der Waals surface area contributed by atoms with E-state index in [0.717, 1.165) is 12.1 Å². The van der Waals surface area contributed by atoms with Gasteiger partial charge in [-0.3, -0.25) is 0 Å². The average Bonchev–Trinajstić information content (AvgIpc) is 2.56. The van der Waals surface area contributed by atoms with Crippen molar-refractivity contribution in [1.82, 2.24) is 0 Å². The molecule has 1 heteroatoms. The standard InChI is InChI=1S/C22H25N/c1-4-6-8-22(18-11-9-17(3)10-12-18)21(7-5-2)19-13-15-20(23)16-14-19/h5-16H,4,23H2,1-3H3/b7-5-,8-6+,22-21-. The van der Waals surface area contributed by atoms with Gasteiger partial charge in [0.2, 0.25) is 0 Å². The average molecular weight is 303 g/mol. The highest BCUT2D eigenvalue weighted by Crippen LogP contribution is 2.29. The number of anilines is 1. The van der Waals surface area contributed by atoms with Crippen LogP contribution in [0.2, 0.25) is 0 Å². The fourth-order valence-corrected chi connectivity index (χ4v) is 2.48. The first-order valence-electron chi connectivity index (χ1n) is 8.12. The van der Waals surface area contributed by atoms with Crippen LogP contribution in [-0.2, 0) is 0 Å². The maximum Gasteiger partial charge on any atom is 0.0314 e. The molecule has 0 unspecified atom stereocenters. The summed E-state index contributed by atoms with van der Waals surface area (Å²) in [6.07, 6.45) is 9.69. The lowest BCUT2D eigenvalue weighted by Gasteiger charge is -2.12. The van der Waals surface area contributed by atoms with E-state index >= 15 is 0 Å². The van der Waals surface area contributed by atoms with E-state index in [2.05, 4.69) is 74.5 Å². The first kappa shape index (κ1) is 16.8. The number of hydrogen-bond donors (Lipinski definition) is 1. The molecule has 0 saturated carbocycles. The fraction of sp³-hybridized carbons (Fsp3) is 0.182. The molecule has 0 aliphatic carbocycles. The van der Waals surface area contributed by atoms with E-state index in [1.165, 1.54) is 27.8 Å². The summed E-state index contributed by atoms with van der Waals surface area (Å²) in [5.41, 5.74) is 12.7. The van der Waals surface area contributed by atoms with Gasteiger partial charge in [-0.15, -0.1) is 0 Å². The van der Waals surface area contributed by atoms with Crippen LogP contribution in [0.4, 0.5) is 5.69 Å². The van der Waals surface area contributed by atoms with Crippen molar-refractivity contribution in [2.45, 2.75) is 27.2 Å². The highest BCUT2D eigenvalue weighted by atomic mass is 14.5. The fourth-order valence-electron chi connectivity index (χ4n) is 2.48. The molecule has 0 radical (unpaired) electrons. The molecule has 1 nitrogen and oxygen atoms in total. The molecule has 2 aromatic carbocycles. The molecule has 0 aliphatic rings. The van der Waals surface area contributed by atoms with Gasteiger partial charge in [0.15, 0.2) is 0 Å². The molecule has 0 fully saturated rings. The SMILES string of the molecule is C\C=C/C(=C(\C=C\CC)c1ccc(C)cc1)c1ccc(N)cc1. The number of rotatable bonds is 5. The molecule has 2 aromatic rings. The van der Waals surface area contributed by atoms with E-state index in [9.17, 15) is 0 Å². The minimum absolute atomic E-state index is 0.787. The van der Waals surface area contributed by atoms with Crippen molar-refractivity contribution in [2.75, 3.05) is 5.73 Å². The van der Waals surface area contributed by atoms with E-state index in [0.29, 0.717) is 0 Å². The third kappa shape index (κ3) is 4.46. The van der Waals surface area contributed by atoms with E-state index in [4.69, 9.17) is 5.73 Å². The van der Waals surface area contributed by atoms with Gasteiger partial charge in [-0.05, 0) is 54.7 Å². The Morgan fingerprint density at radius 2 is 1.39 bits per heavy atom. The summed E-state index contributed by atoms with van der Waals surface area (Å²) in [7, 11) is 0. The molecule has 0 saturated heterocycles. The Hall–Kier alpha value is -2.54. The summed E-state index contributed by atoms with van der Waals surface area (Å²) in [5, 5.41) is 0. The predicted octanol–water partition coefficient (Wildman–Crippen LogP) is 6.03. The molecular formula is C22H25N. The van der Waals surface area contributed by atoms with Gasteiger partial charge in [0.25, 0.3) is 0 Å². The lowest BCUT2D eigenvalue weighted by Crippen LogP contribution is -1.91. The van der Waals surface area contributed by atoms with Crippen LogP contribution in [0.1, 0.15) is 37.0 Å². The van der Waals surface area contributed by atoms with Crippen LogP contribution in [0.15, 0.2) is 72.8 Å². The lowest BCUT2D eigenvalue weighted by atomic mass is 9.93. The zero-order valence-corrected chi connectivity index (χ0v) is 14.2. The van der Waals surface area contributed by atoms with Crippen LogP contribution in [0.25, 0.3) is 11.1 Å². The Labute approximate surface area is 139 Å². The molecule has 0 aliphatic heterocycles. The molecule has 118 valence electrons. The Balaban J connectivity index is 2.66. The van der Waals surface area contributed by atoms with Gasteiger partial charge in [-0.25, -0.2) is 0 Å². The molecule has 0 atom stereocenters. The second kappa shape index (κ2) is 8.19. The Morgan fingerprint density at radius 3 is 1.91 bits per heavy atom. The normalized spacial score (nSPS) is 12.8. The molecule has 0 aromatic heterocycles. The highest BCUT2D eigenvalue weighted by molar-refractivity contribution is 5.99. The monoisotopic (exact) mass is 303 g/mol. The third-order valence-corrected chi connectivity index (χ3v) is 3.73. The van der Waals surface area contributed by atoms with Crippen molar-refractivity contribution >= 4 is 16.8 Å². The van der Waals surface area contributed by atoms with Gasteiger partial charge in [0.05, 0.1) is 0 Å². The van der Waals surface area contributed by atoms with Crippen molar-refractivity contribution in [3.8, 4) is 0 Å². The van der Waals surface area contributed by atoms with Crippen molar-refractivity contribution in [3.05, 3.63) is 89.5 Å². The zero-order valence-electron chi connectivity index (χ0n) is 14.2. The van der Waals surface area contributed by atoms with Gasteiger partial charge < -0.3 is 5.73 Å². The summed E-state index contributed by atoms with van der Waals surface area (Å²) in [6, 6.07) is 16.8. The molecule has 0 spiro atoms. The molecular weight excluding hydrogens is 278 g/mol. The molecule has 0 bridgehead atoms. The second-order valence-electron chi connectivity index (χ2n) is 5.63. The number of allylic oxidation sites excluding steroid dienone is 6. The summed E-state index contributed by atoms with van der Waals surface area (Å²) in [6.45, 7) is 6.32. The summed E-state index contributed by atoms with van der Waals surface area (Å²) in [5.74, 6) is 0. The maximum absolute atomic E-state index is 5.84. The number of benzene rings is 2. The van der Waals surface area contributed by atoms with E-state index in [1.807, 2.05) is 19.1 Å². The van der Waals surface area contributed by atoms with Gasteiger partial charge in [-0.1, -0.05) is 73.2 Å². The third-order valence-electron chi connectivity index (χ3n) is 3.73. The number of hydrogen-bond acceptors (Lipinski definition) is 1. The number of nitrogens with two attached hydrogens (primary N) is 1. The molecule has 2 rings (SSSR count). The Kier molecular flexibility index (Phi) is 5.99. The van der Waals surface area contributed by atoms with Crippen molar-refractivity contribution in [1.29, 1.82) is 0 Å². The number of aryl methyl sites for hydroxylation is 1. The zero-order chi connectivity index (χ0) is 16.7. The van der Waals surface area contributed by atoms with Gasteiger partial charge >= 0.3 is 0 Å². The van der Waals surface area contributed by atoms with Crippen LogP contribution in [0, 0.1) is 6.92 Å². The van der Waals surface area contributed by atoms with Gasteiger partial charge in [0.1, 0.15) is 0 Å². The maximum atomic E-state index is 5.84. The first-order valence-corrected chi connectivity index (χ1v) is 8.12. The van der Waals surface area contributed by atoms with Crippen LogP contribution >= 0.6 is 0 Å². The van der Waals surface area contributed by atoms with E-state index in [-0.39, 0.29) is 0 Å². The van der Waals surface area contributed by atoms with Crippen LogP contribution in [0.3, 0.4) is 0 Å². The molecule has 0 amide bonds. The van der Waals surface area contributed by atoms with Crippen molar-refractivity contribution in [3.63, 3.8) is 0 Å². The predicted molar refractivity (Wildman–Crippen MR) is 103 cm³/mol. The van der Waals surface area contributed by atoms with E-state index < -0.39 is 0 Å². The van der Waals surface area contributed by atoms with Gasteiger partial charge in [-0.2, -0.15) is 0 Å². The summed E-state index contributed by atoms with van der Waals surface area (Å²) >= 11 is 0. The molecule has 0 heterocycles. The second-order valence-corrected chi connectivity index (χ2v) is 5.63. The minimum Gasteiger partial charge on any atom is -0.399 e. The van der Waals surface area contributed by atoms with Gasteiger partial charge in [0, 0.05) is 5.69 Å². The molecule has 2 N–H and O–H groups in total. The van der Waals surface area contributed by atoms with Crippen LogP contribution in [-0.4, -0.2) is 0 Å². The Morgan fingerprint density at radius 1 is 0.870 bits per heavy atom. The largest absolute Gasteiger partial charge is 0.399 e. The smallest absolute Gasteiger partial charge is 0.0314 e. The highest BCUT2D eigenvalue weighted by Gasteiger charge is 2.07. The quantitative estimate of drug-likeness (QED) is 0.407. The number of nitrogen functional groups attached to an aromatic ring is 1. The minimum atomic E-state index is 0.787. The van der Waals surface area contributed by atoms with Crippen LogP contribution in [0.5, 0.6) is 0 Å².